The molecule has 9 aromatic rings. The van der Waals surface area contributed by atoms with Gasteiger partial charge in [0, 0.05) is 164 Å². The van der Waals surface area contributed by atoms with E-state index in [9.17, 15) is 66.7 Å². The molecule has 0 bridgehead atoms. The van der Waals surface area contributed by atoms with Crippen molar-refractivity contribution in [1.29, 1.82) is 0 Å². The second-order valence-electron chi connectivity index (χ2n) is 27.8. The number of H-pyrrole nitrogens is 6. The molecule has 0 amide bonds. The van der Waals surface area contributed by atoms with Gasteiger partial charge >= 0.3 is 38.0 Å². The van der Waals surface area contributed by atoms with Gasteiger partial charge in [-0.15, -0.1) is 0 Å². The van der Waals surface area contributed by atoms with E-state index in [0.29, 0.717) is 107 Å². The van der Waals surface area contributed by atoms with Gasteiger partial charge in [0.1, 0.15) is 25.5 Å². The van der Waals surface area contributed by atoms with Gasteiger partial charge in [-0.05, 0) is 131 Å². The monoisotopic (exact) mass is 1830 g/mol. The summed E-state index contributed by atoms with van der Waals surface area (Å²) >= 11 is 0. The second kappa shape index (κ2) is 51.6. The van der Waals surface area contributed by atoms with Gasteiger partial charge in [-0.1, -0.05) is 160 Å². The van der Waals surface area contributed by atoms with E-state index in [-0.39, 0.29) is 168 Å². The molecule has 0 atom stereocenters. The van der Waals surface area contributed by atoms with Crippen molar-refractivity contribution in [2.75, 3.05) is 47.0 Å². The Labute approximate surface area is 734 Å². The van der Waals surface area contributed by atoms with E-state index in [4.69, 9.17) is 32.3 Å². The standard InChI is InChI=1S/C20H29N2O7P.C19H27N2O5P.C17H22N2O3.C10H16N2O2.C9H14N2O2.C6H8N2O2.2Y/c1-6-28-12-22-17(18(14(2)3)19(23)21-20(22)24)11-15-7-9-16(10-8-15)29-13-30(25,26-4)27-5;1-5-25-27(24,26-6-2)13-21-16(12-15-10-8-7-9-11-15)17(14(3)4)18(22)20-19(21)23;1-4-22-11-19-14(10-13-8-6-5-7-9-13)15(12(2)3)16(20)18-17(19)21;1-5-12-7(4)8(6(2)3)9(13)11-10(12)14;1-4-6-7(5(2)3)8(12)11-9(13)10-6;1-3-4(2)7-6(10)8-5(3)9;;/h7-10,14H,6,11-13H2,1-5H3,(H,21,23,24);7-11,14H,5-6,12-13H2,1-4H3,(H,20,22,23);5-9,12H,4,10-11H2,1-3H3,(H,18,20,21);6H,5H2,1-4H3,(H,11,13,14);5H,4H2,1-3H3,(H2,10,11,12,13);1-2H3,(H2,7,8,9,10);;/p-2. The number of hydrogen-bond acceptors (Lipinski definition) is 21. The summed E-state index contributed by atoms with van der Waals surface area (Å²) in [5, 5.41) is 0. The molecule has 0 aliphatic heterocycles. The Morgan fingerprint density at radius 1 is 0.398 bits per heavy atom. The Morgan fingerprint density at radius 3 is 1.10 bits per heavy atom. The van der Waals surface area contributed by atoms with Gasteiger partial charge in [-0.2, -0.15) is 0 Å². The van der Waals surface area contributed by atoms with Gasteiger partial charge in [-0.25, -0.2) is 19.2 Å². The molecule has 37 heteroatoms. The third kappa shape index (κ3) is 31.2. The predicted octanol–water partition coefficient (Wildman–Crippen LogP) is 9.46. The van der Waals surface area contributed by atoms with Gasteiger partial charge in [0.05, 0.1) is 13.2 Å². The molecule has 6 N–H and O–H groups in total. The number of rotatable bonds is 30. The minimum absolute atomic E-state index is 0. The molecule has 0 fully saturated rings. The van der Waals surface area contributed by atoms with Crippen LogP contribution in [0.25, 0.3) is 0 Å². The molecule has 33 nitrogen and oxygen atoms in total. The first-order chi connectivity index (χ1) is 54.7. The zero-order chi connectivity index (χ0) is 87.1. The van der Waals surface area contributed by atoms with Crippen molar-refractivity contribution in [1.82, 2.24) is 58.1 Å². The summed E-state index contributed by atoms with van der Waals surface area (Å²) in [4.78, 5) is 162. The Bertz CT molecular complexity index is 5540. The summed E-state index contributed by atoms with van der Waals surface area (Å²) in [6.07, 6.45) is 1.43. The Balaban J connectivity index is 0.000000496. The minimum atomic E-state index is -3.52. The van der Waals surface area contributed by atoms with Gasteiger partial charge in [0.25, 0.3) is 22.2 Å². The van der Waals surface area contributed by atoms with Crippen molar-refractivity contribution < 1.29 is 107 Å². The molecule has 9 rings (SSSR count). The first-order valence-corrected chi connectivity index (χ1v) is 41.7. The molecule has 0 saturated heterocycles. The maximum absolute atomic E-state index is 13.0. The fraction of sp³-hybridized carbons (Fsp3) is 0.481. The van der Waals surface area contributed by atoms with Crippen LogP contribution in [-0.4, -0.2) is 95.2 Å². The predicted molar refractivity (Wildman–Crippen MR) is 447 cm³/mol. The second-order valence-corrected chi connectivity index (χ2v) is 32.0. The van der Waals surface area contributed by atoms with Crippen molar-refractivity contribution in [2.45, 2.75) is 213 Å². The first-order valence-electron chi connectivity index (χ1n) is 38.2. The van der Waals surface area contributed by atoms with E-state index >= 15 is 0 Å². The molecule has 6 aromatic heterocycles. The van der Waals surface area contributed by atoms with Crippen LogP contribution in [0.1, 0.15) is 225 Å². The molecular formula is C81H114N12O21P2Y2-2. The zero-order valence-corrected chi connectivity index (χ0v) is 78.9. The molecule has 0 aliphatic rings. The summed E-state index contributed by atoms with van der Waals surface area (Å²) in [7, 11) is -4.20. The molecule has 3 aromatic carbocycles. The SMILES string of the molecule is CCOCn1c(Cc2ccc(OCP(=O)(OC)OC)cc2)c(C(C)C)c(=O)[nH]c1=O.CCOCn1c(Cc2ccccc2)c(C(C)C)c(=O)[nH]c1=O.CCOP(=O)(Cn1c(Cc2ccccc2)c(C(C)C)c(=O)[nH]c1=O)OCC.CCc1[n-]c(=O)[nH]c(=O)c1C(C)C.CCn1c(C)c(C(C)C)c(=O)[nH]c1=O.Cc1[n-]c(=O)[nH]c(=O)c1C.[Y].[Y]. The third-order valence-electron chi connectivity index (χ3n) is 18.0. The number of aryl methyl sites for hydroxylation is 2. The fourth-order valence-electron chi connectivity index (χ4n) is 12.3. The van der Waals surface area contributed by atoms with E-state index in [0.717, 1.165) is 28.1 Å². The van der Waals surface area contributed by atoms with Crippen LogP contribution in [0.15, 0.2) is 142 Å². The largest absolute Gasteiger partial charge is 0.481 e. The van der Waals surface area contributed by atoms with Crippen molar-refractivity contribution in [2.24, 2.45) is 0 Å². The third-order valence-corrected chi connectivity index (χ3v) is 21.4. The van der Waals surface area contributed by atoms with Crippen LogP contribution < -0.4 is 82.2 Å². The van der Waals surface area contributed by atoms with E-state index < -0.39 is 49.2 Å². The van der Waals surface area contributed by atoms with Crippen LogP contribution in [0.3, 0.4) is 0 Å². The molecule has 0 unspecified atom stereocenters. The van der Waals surface area contributed by atoms with Crippen LogP contribution in [0.2, 0.25) is 0 Å². The molecule has 642 valence electrons. The van der Waals surface area contributed by atoms with Gasteiger partial charge < -0.3 is 52.2 Å². The van der Waals surface area contributed by atoms with E-state index in [1.807, 2.05) is 177 Å². The van der Waals surface area contributed by atoms with E-state index in [1.165, 1.54) is 27.9 Å². The average Bonchev–Trinajstić information content (AvgIpc) is 0.789. The first kappa shape index (κ1) is 106. The number of aromatic amines is 6. The average molecular weight is 1830 g/mol. The summed E-state index contributed by atoms with van der Waals surface area (Å²) < 4.78 is 67.7. The van der Waals surface area contributed by atoms with Crippen LogP contribution in [0.4, 0.5) is 0 Å². The van der Waals surface area contributed by atoms with Crippen LogP contribution in [-0.2, 0) is 154 Å². The number of nitrogens with zero attached hydrogens (tertiary/aromatic N) is 6. The number of aromatic nitrogens is 12. The summed E-state index contributed by atoms with van der Waals surface area (Å²) in [5.74, 6) is 0.574. The maximum Gasteiger partial charge on any atom is 0.367 e. The number of ether oxygens (including phenoxy) is 3. The molecule has 2 radical (unpaired) electrons. The molecule has 6 heterocycles. The van der Waals surface area contributed by atoms with Crippen LogP contribution in [0.5, 0.6) is 5.75 Å². The van der Waals surface area contributed by atoms with Crippen molar-refractivity contribution in [3.63, 3.8) is 0 Å². The van der Waals surface area contributed by atoms with Crippen LogP contribution >= 0.6 is 15.2 Å². The summed E-state index contributed by atoms with van der Waals surface area (Å²) in [6.45, 7) is 37.3. The Hall–Kier alpha value is -8.03. The van der Waals surface area contributed by atoms with Crippen molar-refractivity contribution >= 4 is 15.2 Å². The molecular weight excluding hydrogens is 1720 g/mol. The number of benzene rings is 3. The summed E-state index contributed by atoms with van der Waals surface area (Å²) in [5.41, 5.74) is 5.16. The normalized spacial score (nSPS) is 11.1. The fourth-order valence-corrected chi connectivity index (χ4v) is 14.6. The Morgan fingerprint density at radius 2 is 0.746 bits per heavy atom. The zero-order valence-electron chi connectivity index (χ0n) is 71.5. The number of nitrogens with one attached hydrogen (secondary N) is 6. The Kier molecular flexibility index (Phi) is 46.3. The van der Waals surface area contributed by atoms with Crippen molar-refractivity contribution in [3.05, 3.63) is 294 Å². The van der Waals surface area contributed by atoms with Crippen molar-refractivity contribution in [3.8, 4) is 5.75 Å². The molecule has 0 aliphatic carbocycles. The van der Waals surface area contributed by atoms with Gasteiger partial charge in [0.15, 0.2) is 28.8 Å². The van der Waals surface area contributed by atoms with E-state index in [1.54, 1.807) is 44.4 Å². The summed E-state index contributed by atoms with van der Waals surface area (Å²) in [6, 6.07) is 26.4. The molecule has 118 heavy (non-hydrogen) atoms. The number of hydrogen-bond donors (Lipinski definition) is 6. The van der Waals surface area contributed by atoms with Gasteiger partial charge in [0.2, 0.25) is 0 Å². The van der Waals surface area contributed by atoms with Gasteiger partial charge in [-0.3, -0.25) is 85.7 Å². The smallest absolute Gasteiger partial charge is 0.367 e. The van der Waals surface area contributed by atoms with Crippen LogP contribution in [0, 0.1) is 20.8 Å². The maximum atomic E-state index is 13.0. The van der Waals surface area contributed by atoms with E-state index in [2.05, 4.69) is 39.9 Å². The topological polar surface area (TPSA) is 446 Å². The minimum Gasteiger partial charge on any atom is -0.481 e. The molecule has 0 saturated carbocycles. The quantitative estimate of drug-likeness (QED) is 0.0228. The molecule has 0 spiro atoms.